The van der Waals surface area contributed by atoms with Crippen molar-refractivity contribution in [1.82, 2.24) is 0 Å². The van der Waals surface area contributed by atoms with Crippen LogP contribution in [0.2, 0.25) is 5.02 Å². The molecule has 1 N–H and O–H groups in total. The Kier molecular flexibility index (Phi) is 3.90. The Morgan fingerprint density at radius 3 is 2.50 bits per heavy atom. The maximum absolute atomic E-state index is 12.4. The van der Waals surface area contributed by atoms with Crippen molar-refractivity contribution < 1.29 is 23.1 Å². The molecule has 1 aromatic carbocycles. The van der Waals surface area contributed by atoms with E-state index in [1.54, 1.807) is 24.3 Å². The highest BCUT2D eigenvalue weighted by molar-refractivity contribution is 6.32. The lowest BCUT2D eigenvalue weighted by atomic mass is 10.1. The minimum atomic E-state index is -4.97. The summed E-state index contributed by atoms with van der Waals surface area (Å²) in [6.45, 7) is 0. The zero-order valence-corrected chi connectivity index (χ0v) is 10.9. The van der Waals surface area contributed by atoms with Gasteiger partial charge in [-0.2, -0.15) is 13.2 Å². The van der Waals surface area contributed by atoms with Gasteiger partial charge in [-0.25, -0.2) is 0 Å². The lowest BCUT2D eigenvalue weighted by molar-refractivity contribution is -0.166. The third-order valence-corrected chi connectivity index (χ3v) is 3.35. The molecule has 2 rings (SSSR count). The van der Waals surface area contributed by atoms with Gasteiger partial charge in [-0.3, -0.25) is 4.79 Å². The average molecular weight is 303 g/mol. The molecule has 0 heterocycles. The van der Waals surface area contributed by atoms with E-state index in [0.717, 1.165) is 0 Å². The lowest BCUT2D eigenvalue weighted by Gasteiger charge is -2.05. The summed E-state index contributed by atoms with van der Waals surface area (Å²) in [6.07, 6.45) is -3.42. The highest BCUT2D eigenvalue weighted by Crippen LogP contribution is 2.36. The van der Waals surface area contributed by atoms with Gasteiger partial charge in [-0.1, -0.05) is 29.8 Å². The van der Waals surface area contributed by atoms with Gasteiger partial charge in [0.15, 0.2) is 0 Å². The Balaban J connectivity index is 2.36. The van der Waals surface area contributed by atoms with Gasteiger partial charge in [0.1, 0.15) is 5.76 Å². The first-order chi connectivity index (χ1) is 9.30. The molecule has 0 saturated carbocycles. The van der Waals surface area contributed by atoms with Crippen molar-refractivity contribution in [1.29, 1.82) is 0 Å². The monoisotopic (exact) mass is 302 g/mol. The van der Waals surface area contributed by atoms with Crippen molar-refractivity contribution in [2.45, 2.75) is 19.0 Å². The number of benzene rings is 1. The maximum atomic E-state index is 12.4. The number of hydrogen-bond acceptors (Lipinski definition) is 2. The zero-order chi connectivity index (χ0) is 14.9. The number of allylic oxidation sites excluding steroid dienone is 2. The van der Waals surface area contributed by atoms with E-state index in [9.17, 15) is 23.1 Å². The summed E-state index contributed by atoms with van der Waals surface area (Å²) in [5, 5.41) is 10.2. The molecule has 0 amide bonds. The first-order valence-electron chi connectivity index (χ1n) is 5.80. The number of halogens is 4. The molecular weight excluding hydrogens is 293 g/mol. The Bertz CT molecular complexity index is 615. The quantitative estimate of drug-likeness (QED) is 0.875. The number of aliphatic hydroxyl groups is 1. The lowest BCUT2D eigenvalue weighted by Crippen LogP contribution is -2.24. The largest absolute Gasteiger partial charge is 0.507 e. The van der Waals surface area contributed by atoms with E-state index in [1.165, 1.54) is 6.08 Å². The van der Waals surface area contributed by atoms with E-state index in [0.29, 0.717) is 10.6 Å². The van der Waals surface area contributed by atoms with E-state index >= 15 is 0 Å². The second-order valence-electron chi connectivity index (χ2n) is 4.35. The number of ketones is 1. The molecule has 0 fully saturated rings. The Labute approximate surface area is 118 Å². The number of carbonyl (C=O) groups excluding carboxylic acids is 1. The van der Waals surface area contributed by atoms with Crippen LogP contribution in [0.1, 0.15) is 18.4 Å². The number of rotatable bonds is 2. The van der Waals surface area contributed by atoms with Gasteiger partial charge in [-0.05, 0) is 36.1 Å². The summed E-state index contributed by atoms with van der Waals surface area (Å²) in [5.41, 5.74) is 0.276. The molecule has 0 saturated heterocycles. The summed E-state index contributed by atoms with van der Waals surface area (Å²) in [7, 11) is 0. The smallest absolute Gasteiger partial charge is 0.454 e. The van der Waals surface area contributed by atoms with E-state index in [1.807, 2.05) is 0 Å². The molecule has 0 spiro atoms. The van der Waals surface area contributed by atoms with Crippen LogP contribution in [0, 0.1) is 0 Å². The third kappa shape index (κ3) is 2.88. The highest BCUT2D eigenvalue weighted by atomic mass is 35.5. The van der Waals surface area contributed by atoms with Gasteiger partial charge in [-0.15, -0.1) is 0 Å². The zero-order valence-electron chi connectivity index (χ0n) is 10.2. The number of Topliss-reactive ketones (excluding diaryl/α,β-unsaturated/α-hetero) is 1. The Hall–Kier alpha value is -1.75. The number of hydrogen-bond donors (Lipinski definition) is 1. The fourth-order valence-corrected chi connectivity index (χ4v) is 2.19. The molecular formula is C14H10ClF3O2. The maximum Gasteiger partial charge on any atom is 0.454 e. The van der Waals surface area contributed by atoms with Gasteiger partial charge in [0.05, 0.1) is 0 Å². The first kappa shape index (κ1) is 14.7. The van der Waals surface area contributed by atoms with E-state index in [-0.39, 0.29) is 18.4 Å². The normalized spacial score (nSPS) is 17.9. The number of alkyl halides is 3. The molecule has 0 bridgehead atoms. The van der Waals surface area contributed by atoms with Crippen molar-refractivity contribution in [3.05, 3.63) is 51.8 Å². The summed E-state index contributed by atoms with van der Waals surface area (Å²) in [6, 6.07) is 6.74. The average Bonchev–Trinajstić information content (AvgIpc) is 2.72. The van der Waals surface area contributed by atoms with Crippen LogP contribution in [0.3, 0.4) is 0 Å². The van der Waals surface area contributed by atoms with Gasteiger partial charge in [0.25, 0.3) is 5.78 Å². The molecule has 2 nitrogen and oxygen atoms in total. The van der Waals surface area contributed by atoms with Crippen LogP contribution < -0.4 is 0 Å². The van der Waals surface area contributed by atoms with Gasteiger partial charge in [0.2, 0.25) is 0 Å². The molecule has 0 aromatic heterocycles. The number of aliphatic hydroxyl groups excluding tert-OH is 1. The van der Waals surface area contributed by atoms with E-state index in [2.05, 4.69) is 0 Å². The van der Waals surface area contributed by atoms with Crippen LogP contribution in [0.25, 0.3) is 6.08 Å². The number of carbonyl (C=O) groups is 1. The molecule has 20 heavy (non-hydrogen) atoms. The fourth-order valence-electron chi connectivity index (χ4n) is 2.00. The van der Waals surface area contributed by atoms with Crippen molar-refractivity contribution in [2.24, 2.45) is 0 Å². The predicted molar refractivity (Wildman–Crippen MR) is 69.4 cm³/mol. The summed E-state index contributed by atoms with van der Waals surface area (Å²) >= 11 is 5.93. The van der Waals surface area contributed by atoms with Crippen LogP contribution in [0.5, 0.6) is 0 Å². The van der Waals surface area contributed by atoms with E-state index < -0.39 is 23.3 Å². The molecule has 0 radical (unpaired) electrons. The standard InChI is InChI=1S/C14H10ClF3O2/c15-11-4-2-1-3-8(11)7-9-5-6-10(12(9)19)13(20)14(16,17)18/h1-4,7,19H,5-6H2/b9-7+. The van der Waals surface area contributed by atoms with Gasteiger partial charge >= 0.3 is 6.18 Å². The van der Waals surface area contributed by atoms with Crippen molar-refractivity contribution >= 4 is 23.5 Å². The van der Waals surface area contributed by atoms with Crippen molar-refractivity contribution in [3.8, 4) is 0 Å². The van der Waals surface area contributed by atoms with Crippen molar-refractivity contribution in [2.75, 3.05) is 0 Å². The predicted octanol–water partition coefficient (Wildman–Crippen LogP) is 4.46. The topological polar surface area (TPSA) is 37.3 Å². The van der Waals surface area contributed by atoms with Crippen LogP contribution in [-0.4, -0.2) is 17.1 Å². The second kappa shape index (κ2) is 5.32. The van der Waals surface area contributed by atoms with Crippen LogP contribution >= 0.6 is 11.6 Å². The van der Waals surface area contributed by atoms with E-state index in [4.69, 9.17) is 11.6 Å². The SMILES string of the molecule is O=C(C1=C(O)/C(=C/c2ccccc2Cl)CC1)C(F)(F)F. The first-order valence-corrected chi connectivity index (χ1v) is 6.17. The Morgan fingerprint density at radius 2 is 1.90 bits per heavy atom. The molecule has 6 heteroatoms. The minimum Gasteiger partial charge on any atom is -0.507 e. The Morgan fingerprint density at radius 1 is 1.25 bits per heavy atom. The van der Waals surface area contributed by atoms with Gasteiger partial charge < -0.3 is 5.11 Å². The van der Waals surface area contributed by atoms with Gasteiger partial charge in [0, 0.05) is 10.6 Å². The van der Waals surface area contributed by atoms with Crippen LogP contribution in [0.4, 0.5) is 13.2 Å². The molecule has 1 aliphatic carbocycles. The van der Waals surface area contributed by atoms with Crippen LogP contribution in [-0.2, 0) is 4.79 Å². The highest BCUT2D eigenvalue weighted by Gasteiger charge is 2.43. The molecule has 0 atom stereocenters. The molecule has 1 aromatic rings. The molecule has 0 aliphatic heterocycles. The molecule has 106 valence electrons. The molecule has 1 aliphatic rings. The second-order valence-corrected chi connectivity index (χ2v) is 4.75. The van der Waals surface area contributed by atoms with Crippen LogP contribution in [0.15, 0.2) is 41.2 Å². The fraction of sp³-hybridized carbons (Fsp3) is 0.214. The summed E-state index contributed by atoms with van der Waals surface area (Å²) < 4.78 is 37.1. The minimum absolute atomic E-state index is 0.125. The van der Waals surface area contributed by atoms with Crippen molar-refractivity contribution in [3.63, 3.8) is 0 Å². The molecule has 0 unspecified atom stereocenters. The summed E-state index contributed by atoms with van der Waals surface area (Å²) in [5.74, 6) is -2.58. The summed E-state index contributed by atoms with van der Waals surface area (Å²) in [4.78, 5) is 11.1. The third-order valence-electron chi connectivity index (χ3n) is 3.00.